The monoisotopic (exact) mass is 500 g/mol. The van der Waals surface area contributed by atoms with Crippen molar-refractivity contribution in [2.45, 2.75) is 44.3 Å². The zero-order valence-corrected chi connectivity index (χ0v) is 20.8. The third-order valence-corrected chi connectivity index (χ3v) is 6.28. The zero-order chi connectivity index (χ0) is 20.1. The molecule has 5 nitrogen and oxygen atoms in total. The van der Waals surface area contributed by atoms with Crippen LogP contribution < -0.4 is 11.1 Å². The first-order chi connectivity index (χ1) is 14.1. The predicted octanol–water partition coefficient (Wildman–Crippen LogP) is 4.48. The Morgan fingerprint density at radius 1 is 0.781 bits per heavy atom. The number of nitrogens with zero attached hydrogens (tertiary/aromatic N) is 2. The summed E-state index contributed by atoms with van der Waals surface area (Å²) in [7, 11) is 0. The summed E-state index contributed by atoms with van der Waals surface area (Å²) < 4.78 is 0. The smallest absolute Gasteiger partial charge is 0.244 e. The highest BCUT2D eigenvalue weighted by atomic mass is 35.5. The fourth-order valence-electron chi connectivity index (χ4n) is 4.39. The molecule has 1 amide bonds. The first kappa shape index (κ1) is 28.7. The molecular formula is C24H35Cl3N4O. The van der Waals surface area contributed by atoms with Crippen LogP contribution in [0.1, 0.15) is 36.8 Å². The molecular weight excluding hydrogens is 467 g/mol. The van der Waals surface area contributed by atoms with Crippen LogP contribution in [0.4, 0.5) is 5.69 Å². The second-order valence-corrected chi connectivity index (χ2v) is 8.55. The minimum atomic E-state index is -0.682. The molecule has 0 unspecified atom stereocenters. The third kappa shape index (κ3) is 7.62. The van der Waals surface area contributed by atoms with Gasteiger partial charge in [0.1, 0.15) is 0 Å². The number of nitrogens with one attached hydrogen (secondary N) is 1. The van der Waals surface area contributed by atoms with Crippen LogP contribution in [-0.4, -0.2) is 47.4 Å². The van der Waals surface area contributed by atoms with E-state index in [9.17, 15) is 4.79 Å². The number of carbonyl (C=O) groups excluding carboxylic acids is 1. The summed E-state index contributed by atoms with van der Waals surface area (Å²) in [6.07, 6.45) is 3.66. The molecule has 1 aliphatic carbocycles. The molecule has 2 aromatic rings. The summed E-state index contributed by atoms with van der Waals surface area (Å²) in [6, 6.07) is 18.9. The fourth-order valence-corrected chi connectivity index (χ4v) is 4.39. The molecule has 0 aromatic heterocycles. The van der Waals surface area contributed by atoms with Crippen LogP contribution in [0.2, 0.25) is 0 Å². The molecule has 1 saturated carbocycles. The van der Waals surface area contributed by atoms with Crippen LogP contribution in [0.5, 0.6) is 0 Å². The highest BCUT2D eigenvalue weighted by Gasteiger charge is 2.36. The highest BCUT2D eigenvalue weighted by Crippen LogP contribution is 2.28. The van der Waals surface area contributed by atoms with Crippen molar-refractivity contribution in [2.75, 3.05) is 31.5 Å². The van der Waals surface area contributed by atoms with Crippen LogP contribution in [0.25, 0.3) is 0 Å². The number of anilines is 1. The van der Waals surface area contributed by atoms with Crippen molar-refractivity contribution in [3.8, 4) is 0 Å². The number of rotatable bonds is 6. The van der Waals surface area contributed by atoms with E-state index in [1.165, 1.54) is 11.1 Å². The van der Waals surface area contributed by atoms with Gasteiger partial charge in [-0.15, -0.1) is 37.2 Å². The molecule has 3 N–H and O–H groups in total. The van der Waals surface area contributed by atoms with Crippen molar-refractivity contribution in [3.05, 3.63) is 65.7 Å². The Hall–Kier alpha value is -1.34. The molecule has 0 spiro atoms. The van der Waals surface area contributed by atoms with Crippen molar-refractivity contribution in [1.82, 2.24) is 9.80 Å². The zero-order valence-electron chi connectivity index (χ0n) is 18.4. The van der Waals surface area contributed by atoms with E-state index in [1.54, 1.807) is 0 Å². The maximum Gasteiger partial charge on any atom is 0.244 e. The minimum Gasteiger partial charge on any atom is -0.324 e. The van der Waals surface area contributed by atoms with E-state index in [2.05, 4.69) is 57.6 Å². The van der Waals surface area contributed by atoms with Crippen LogP contribution in [0.3, 0.4) is 0 Å². The fraction of sp³-hybridized carbons (Fsp3) is 0.458. The number of piperazine rings is 1. The number of hydrogen-bond donors (Lipinski definition) is 2. The van der Waals surface area contributed by atoms with E-state index in [-0.39, 0.29) is 43.1 Å². The van der Waals surface area contributed by atoms with Gasteiger partial charge in [-0.3, -0.25) is 14.6 Å². The first-order valence-electron chi connectivity index (χ1n) is 10.8. The van der Waals surface area contributed by atoms with Gasteiger partial charge in [-0.1, -0.05) is 55.3 Å². The van der Waals surface area contributed by atoms with Crippen LogP contribution >= 0.6 is 37.2 Å². The van der Waals surface area contributed by atoms with Crippen molar-refractivity contribution >= 4 is 48.8 Å². The van der Waals surface area contributed by atoms with E-state index < -0.39 is 5.54 Å². The van der Waals surface area contributed by atoms with Gasteiger partial charge in [0.25, 0.3) is 0 Å². The SMILES string of the molecule is Cl.Cl.Cl.NC1(C(=O)Nc2ccc(CN3CCN(Cc4ccccc4)CC3)cc2)CCCC1. The van der Waals surface area contributed by atoms with E-state index in [1.807, 2.05) is 12.1 Å². The van der Waals surface area contributed by atoms with Gasteiger partial charge in [0.05, 0.1) is 5.54 Å². The molecule has 2 fully saturated rings. The molecule has 0 radical (unpaired) electrons. The Balaban J connectivity index is 0.00000171. The second-order valence-electron chi connectivity index (χ2n) is 8.55. The topological polar surface area (TPSA) is 61.6 Å². The lowest BCUT2D eigenvalue weighted by Crippen LogP contribution is -2.48. The van der Waals surface area contributed by atoms with Gasteiger partial charge in [-0.25, -0.2) is 0 Å². The molecule has 0 bridgehead atoms. The van der Waals surface area contributed by atoms with Crippen molar-refractivity contribution in [3.63, 3.8) is 0 Å². The number of halogens is 3. The number of nitrogens with two attached hydrogens (primary N) is 1. The molecule has 4 rings (SSSR count). The van der Waals surface area contributed by atoms with Crippen molar-refractivity contribution < 1.29 is 4.79 Å². The molecule has 1 aliphatic heterocycles. The average Bonchev–Trinajstić information content (AvgIpc) is 3.20. The van der Waals surface area contributed by atoms with Gasteiger partial charge < -0.3 is 11.1 Å². The summed E-state index contributed by atoms with van der Waals surface area (Å²) in [5.74, 6) is -0.0442. The van der Waals surface area contributed by atoms with Crippen LogP contribution in [0.15, 0.2) is 54.6 Å². The number of hydrogen-bond acceptors (Lipinski definition) is 4. The lowest BCUT2D eigenvalue weighted by Gasteiger charge is -2.34. The standard InChI is InChI=1S/C24H32N4O.3ClH/c25-24(12-4-5-13-24)23(29)26-22-10-8-21(9-11-22)19-28-16-14-27(15-17-28)18-20-6-2-1-3-7-20;;;/h1-3,6-11H,4-5,12-19,25H2,(H,26,29);3*1H. The Morgan fingerprint density at radius 2 is 1.25 bits per heavy atom. The van der Waals surface area contributed by atoms with Gasteiger partial charge in [0.15, 0.2) is 0 Å². The lowest BCUT2D eigenvalue weighted by molar-refractivity contribution is -0.121. The second kappa shape index (κ2) is 13.4. The predicted molar refractivity (Wildman–Crippen MR) is 139 cm³/mol. The molecule has 0 atom stereocenters. The Bertz CT molecular complexity index is 806. The van der Waals surface area contributed by atoms with E-state index in [0.717, 1.165) is 70.6 Å². The van der Waals surface area contributed by atoms with Crippen molar-refractivity contribution in [1.29, 1.82) is 0 Å². The molecule has 8 heteroatoms. The molecule has 2 aliphatic rings. The molecule has 1 heterocycles. The molecule has 178 valence electrons. The van der Waals surface area contributed by atoms with Gasteiger partial charge in [0.2, 0.25) is 5.91 Å². The molecule has 32 heavy (non-hydrogen) atoms. The van der Waals surface area contributed by atoms with Gasteiger partial charge in [0, 0.05) is 45.0 Å². The van der Waals surface area contributed by atoms with Crippen LogP contribution in [0, 0.1) is 0 Å². The van der Waals surface area contributed by atoms with Crippen LogP contribution in [-0.2, 0) is 17.9 Å². The quantitative estimate of drug-likeness (QED) is 0.613. The Morgan fingerprint density at radius 3 is 1.75 bits per heavy atom. The van der Waals surface area contributed by atoms with E-state index >= 15 is 0 Å². The Kier molecular flexibility index (Phi) is 12.0. The number of amides is 1. The van der Waals surface area contributed by atoms with Gasteiger partial charge in [-0.05, 0) is 36.1 Å². The maximum atomic E-state index is 12.5. The third-order valence-electron chi connectivity index (χ3n) is 6.28. The van der Waals surface area contributed by atoms with Gasteiger partial charge >= 0.3 is 0 Å². The highest BCUT2D eigenvalue weighted by molar-refractivity contribution is 5.98. The molecule has 2 aromatic carbocycles. The summed E-state index contributed by atoms with van der Waals surface area (Å²) in [4.78, 5) is 17.5. The first-order valence-corrected chi connectivity index (χ1v) is 10.8. The lowest BCUT2D eigenvalue weighted by atomic mass is 9.98. The van der Waals surface area contributed by atoms with E-state index in [4.69, 9.17) is 5.73 Å². The normalized spacial score (nSPS) is 18.0. The summed E-state index contributed by atoms with van der Waals surface area (Å²) >= 11 is 0. The minimum absolute atomic E-state index is 0. The maximum absolute atomic E-state index is 12.5. The summed E-state index contributed by atoms with van der Waals surface area (Å²) in [5.41, 5.74) is 9.06. The average molecular weight is 502 g/mol. The number of benzene rings is 2. The van der Waals surface area contributed by atoms with Crippen molar-refractivity contribution in [2.24, 2.45) is 5.73 Å². The number of carbonyl (C=O) groups is 1. The molecule has 1 saturated heterocycles. The van der Waals surface area contributed by atoms with Gasteiger partial charge in [-0.2, -0.15) is 0 Å². The van der Waals surface area contributed by atoms with E-state index in [0.29, 0.717) is 0 Å². The Labute approximate surface area is 210 Å². The largest absolute Gasteiger partial charge is 0.324 e. The summed E-state index contributed by atoms with van der Waals surface area (Å²) in [5, 5.41) is 3.00. The summed E-state index contributed by atoms with van der Waals surface area (Å²) in [6.45, 7) is 6.35.